The summed E-state index contributed by atoms with van der Waals surface area (Å²) < 4.78 is 14.2. The molecule has 1 unspecified atom stereocenters. The minimum Gasteiger partial charge on any atom is -0.391 e. The van der Waals surface area contributed by atoms with Crippen molar-refractivity contribution in [2.75, 3.05) is 6.54 Å². The van der Waals surface area contributed by atoms with Gasteiger partial charge in [-0.2, -0.15) is 0 Å². The topological polar surface area (TPSA) is 49.3 Å². The molecule has 0 aliphatic rings. The summed E-state index contributed by atoms with van der Waals surface area (Å²) in [5, 5.41) is 12.5. The van der Waals surface area contributed by atoms with E-state index in [0.717, 1.165) is 0 Å². The number of carbonyl (C=O) groups excluding carboxylic acids is 1. The Kier molecular flexibility index (Phi) is 6.14. The van der Waals surface area contributed by atoms with Crippen molar-refractivity contribution >= 4 is 21.8 Å². The number of aliphatic hydroxyl groups is 1. The number of benzene rings is 1. The zero-order chi connectivity index (χ0) is 15.3. The third kappa shape index (κ3) is 5.59. The van der Waals surface area contributed by atoms with E-state index in [1.165, 1.54) is 6.07 Å². The standard InChI is InChI=1S/C15H21BrFNO2/c1-15(2,3)13(19)9-18-14(20)7-5-10-4-6-11(16)8-12(10)17/h4,6,8,13,19H,5,7,9H2,1-3H3,(H,18,20). The van der Waals surface area contributed by atoms with Crippen molar-refractivity contribution in [3.8, 4) is 0 Å². The van der Waals surface area contributed by atoms with Gasteiger partial charge in [-0.3, -0.25) is 4.79 Å². The van der Waals surface area contributed by atoms with Gasteiger partial charge in [0, 0.05) is 17.4 Å². The molecule has 0 aromatic heterocycles. The number of amides is 1. The number of hydrogen-bond acceptors (Lipinski definition) is 2. The van der Waals surface area contributed by atoms with E-state index in [9.17, 15) is 14.3 Å². The molecule has 1 aromatic rings. The highest BCUT2D eigenvalue weighted by atomic mass is 79.9. The Morgan fingerprint density at radius 2 is 2.10 bits per heavy atom. The molecule has 1 rings (SSSR count). The third-order valence-corrected chi connectivity index (χ3v) is 3.62. The summed E-state index contributed by atoms with van der Waals surface area (Å²) in [5.41, 5.74) is 0.241. The minimum atomic E-state index is -0.601. The quantitative estimate of drug-likeness (QED) is 0.861. The van der Waals surface area contributed by atoms with Crippen LogP contribution in [0, 0.1) is 11.2 Å². The molecular formula is C15H21BrFNO2. The summed E-state index contributed by atoms with van der Waals surface area (Å²) in [6.07, 6.45) is -0.0535. The molecule has 2 N–H and O–H groups in total. The van der Waals surface area contributed by atoms with Crippen molar-refractivity contribution in [3.05, 3.63) is 34.1 Å². The number of rotatable bonds is 5. The first-order valence-corrected chi connectivity index (χ1v) is 7.38. The van der Waals surface area contributed by atoms with Crippen LogP contribution in [0.3, 0.4) is 0 Å². The van der Waals surface area contributed by atoms with Gasteiger partial charge in [-0.05, 0) is 29.5 Å². The van der Waals surface area contributed by atoms with Crippen LogP contribution in [0.5, 0.6) is 0 Å². The lowest BCUT2D eigenvalue weighted by molar-refractivity contribution is -0.121. The van der Waals surface area contributed by atoms with E-state index in [1.807, 2.05) is 20.8 Å². The molecule has 1 amide bonds. The first-order chi connectivity index (χ1) is 9.20. The van der Waals surface area contributed by atoms with Crippen molar-refractivity contribution in [1.82, 2.24) is 5.32 Å². The highest BCUT2D eigenvalue weighted by Gasteiger charge is 2.22. The highest BCUT2D eigenvalue weighted by Crippen LogP contribution is 2.18. The van der Waals surface area contributed by atoms with E-state index >= 15 is 0 Å². The van der Waals surface area contributed by atoms with Crippen LogP contribution < -0.4 is 5.32 Å². The Morgan fingerprint density at radius 3 is 2.65 bits per heavy atom. The number of hydrogen-bond donors (Lipinski definition) is 2. The number of aliphatic hydroxyl groups excluding tert-OH is 1. The Hall–Kier alpha value is -0.940. The van der Waals surface area contributed by atoms with Crippen LogP contribution in [0.15, 0.2) is 22.7 Å². The molecular weight excluding hydrogens is 325 g/mol. The second kappa shape index (κ2) is 7.18. The molecule has 0 saturated heterocycles. The largest absolute Gasteiger partial charge is 0.391 e. The molecule has 1 atom stereocenters. The first-order valence-electron chi connectivity index (χ1n) is 6.59. The van der Waals surface area contributed by atoms with Gasteiger partial charge in [-0.15, -0.1) is 0 Å². The summed E-state index contributed by atoms with van der Waals surface area (Å²) in [6, 6.07) is 4.80. The monoisotopic (exact) mass is 345 g/mol. The molecule has 1 aromatic carbocycles. The summed E-state index contributed by atoms with van der Waals surface area (Å²) in [5.74, 6) is -0.502. The van der Waals surface area contributed by atoms with E-state index in [4.69, 9.17) is 0 Å². The zero-order valence-corrected chi connectivity index (χ0v) is 13.6. The summed E-state index contributed by atoms with van der Waals surface area (Å²) in [7, 11) is 0. The van der Waals surface area contributed by atoms with Crippen LogP contribution in [0.1, 0.15) is 32.8 Å². The van der Waals surface area contributed by atoms with Crippen LogP contribution in [0.25, 0.3) is 0 Å². The highest BCUT2D eigenvalue weighted by molar-refractivity contribution is 9.10. The van der Waals surface area contributed by atoms with Gasteiger partial charge in [0.1, 0.15) is 5.82 Å². The molecule has 3 nitrogen and oxygen atoms in total. The second-order valence-corrected chi connectivity index (χ2v) is 6.84. The summed E-state index contributed by atoms with van der Waals surface area (Å²) in [4.78, 5) is 11.7. The van der Waals surface area contributed by atoms with E-state index in [-0.39, 0.29) is 30.1 Å². The van der Waals surface area contributed by atoms with Gasteiger partial charge in [0.05, 0.1) is 6.10 Å². The van der Waals surface area contributed by atoms with Gasteiger partial charge in [-0.25, -0.2) is 4.39 Å². The normalized spacial score (nSPS) is 13.1. The molecule has 5 heteroatoms. The van der Waals surface area contributed by atoms with Crippen LogP contribution in [-0.2, 0) is 11.2 Å². The smallest absolute Gasteiger partial charge is 0.220 e. The molecule has 112 valence electrons. The average Bonchev–Trinajstić information content (AvgIpc) is 2.33. The molecule has 0 aliphatic carbocycles. The SMILES string of the molecule is CC(C)(C)C(O)CNC(=O)CCc1ccc(Br)cc1F. The van der Waals surface area contributed by atoms with Crippen molar-refractivity contribution < 1.29 is 14.3 Å². The predicted octanol–water partition coefficient (Wildman–Crippen LogP) is 3.04. The third-order valence-electron chi connectivity index (χ3n) is 3.13. The fourth-order valence-electron chi connectivity index (χ4n) is 1.58. The lowest BCUT2D eigenvalue weighted by atomic mass is 9.89. The molecule has 0 spiro atoms. The van der Waals surface area contributed by atoms with E-state index in [1.54, 1.807) is 12.1 Å². The minimum absolute atomic E-state index is 0.185. The summed E-state index contributed by atoms with van der Waals surface area (Å²) in [6.45, 7) is 5.92. The number of aryl methyl sites for hydroxylation is 1. The molecule has 0 bridgehead atoms. The van der Waals surface area contributed by atoms with Crippen LogP contribution in [0.2, 0.25) is 0 Å². The van der Waals surface area contributed by atoms with Gasteiger partial charge in [0.15, 0.2) is 0 Å². The fourth-order valence-corrected chi connectivity index (χ4v) is 1.91. The molecule has 0 fully saturated rings. The Balaban J connectivity index is 2.40. The average molecular weight is 346 g/mol. The van der Waals surface area contributed by atoms with Gasteiger partial charge in [0.2, 0.25) is 5.91 Å². The predicted molar refractivity (Wildman–Crippen MR) is 80.9 cm³/mol. The van der Waals surface area contributed by atoms with Crippen molar-refractivity contribution in [3.63, 3.8) is 0 Å². The van der Waals surface area contributed by atoms with Crippen LogP contribution >= 0.6 is 15.9 Å². The van der Waals surface area contributed by atoms with Crippen LogP contribution in [-0.4, -0.2) is 23.7 Å². The van der Waals surface area contributed by atoms with E-state index < -0.39 is 6.10 Å². The first kappa shape index (κ1) is 17.1. The number of carbonyl (C=O) groups is 1. The van der Waals surface area contributed by atoms with Gasteiger partial charge in [0.25, 0.3) is 0 Å². The van der Waals surface area contributed by atoms with Gasteiger partial charge >= 0.3 is 0 Å². The van der Waals surface area contributed by atoms with E-state index in [2.05, 4.69) is 21.2 Å². The molecule has 20 heavy (non-hydrogen) atoms. The number of nitrogens with one attached hydrogen (secondary N) is 1. The van der Waals surface area contributed by atoms with Gasteiger partial charge in [-0.1, -0.05) is 42.8 Å². The van der Waals surface area contributed by atoms with Gasteiger partial charge < -0.3 is 10.4 Å². The van der Waals surface area contributed by atoms with Crippen molar-refractivity contribution in [2.24, 2.45) is 5.41 Å². The maximum Gasteiger partial charge on any atom is 0.220 e. The molecule has 0 radical (unpaired) electrons. The molecule has 0 aliphatic heterocycles. The maximum atomic E-state index is 13.6. The maximum absolute atomic E-state index is 13.6. The molecule has 0 heterocycles. The lowest BCUT2D eigenvalue weighted by Gasteiger charge is -2.25. The lowest BCUT2D eigenvalue weighted by Crippen LogP contribution is -2.39. The second-order valence-electron chi connectivity index (χ2n) is 5.92. The molecule has 0 saturated carbocycles. The zero-order valence-electron chi connectivity index (χ0n) is 12.0. The van der Waals surface area contributed by atoms with Crippen molar-refractivity contribution in [1.29, 1.82) is 0 Å². The Labute approximate surface area is 127 Å². The van der Waals surface area contributed by atoms with E-state index in [0.29, 0.717) is 16.5 Å². The van der Waals surface area contributed by atoms with Crippen molar-refractivity contribution in [2.45, 2.75) is 39.7 Å². The Bertz CT molecular complexity index is 471. The Morgan fingerprint density at radius 1 is 1.45 bits per heavy atom. The summed E-state index contributed by atoms with van der Waals surface area (Å²) >= 11 is 3.19. The van der Waals surface area contributed by atoms with Crippen LogP contribution in [0.4, 0.5) is 4.39 Å². The number of halogens is 2. The fraction of sp³-hybridized carbons (Fsp3) is 0.533.